The van der Waals surface area contributed by atoms with E-state index >= 15 is 0 Å². The van der Waals surface area contributed by atoms with Crippen LogP contribution in [0.4, 0.5) is 0 Å². The van der Waals surface area contributed by atoms with Crippen LogP contribution in [0.3, 0.4) is 0 Å². The summed E-state index contributed by atoms with van der Waals surface area (Å²) >= 11 is 0. The van der Waals surface area contributed by atoms with E-state index in [9.17, 15) is 0 Å². The molecule has 10 aromatic carbocycles. The summed E-state index contributed by atoms with van der Waals surface area (Å²) in [6.07, 6.45) is 0. The molecule has 0 radical (unpaired) electrons. The van der Waals surface area contributed by atoms with Crippen LogP contribution < -0.4 is 0 Å². The summed E-state index contributed by atoms with van der Waals surface area (Å²) < 4.78 is 0. The van der Waals surface area contributed by atoms with Crippen LogP contribution in [0.1, 0.15) is 49.9 Å². The zero-order valence-electron chi connectivity index (χ0n) is 34.5. The van der Waals surface area contributed by atoms with Gasteiger partial charge in [0.15, 0.2) is 0 Å². The minimum Gasteiger partial charge on any atom is -0.0619 e. The molecule has 2 aliphatic carbocycles. The highest BCUT2D eigenvalue weighted by Crippen LogP contribution is 2.56. The van der Waals surface area contributed by atoms with Crippen molar-refractivity contribution in [3.8, 4) is 66.8 Å². The Balaban J connectivity index is 1.16. The zero-order valence-corrected chi connectivity index (χ0v) is 34.5. The lowest BCUT2D eigenvalue weighted by Crippen LogP contribution is -2.14. The fraction of sp³-hybridized carbons (Fsp3) is 0.100. The summed E-state index contributed by atoms with van der Waals surface area (Å²) in [4.78, 5) is 0. The van der Waals surface area contributed by atoms with Crippen LogP contribution in [0.15, 0.2) is 194 Å². The maximum atomic E-state index is 2.48. The molecule has 10 aromatic rings. The van der Waals surface area contributed by atoms with Gasteiger partial charge < -0.3 is 0 Å². The van der Waals surface area contributed by atoms with Crippen molar-refractivity contribution in [1.29, 1.82) is 0 Å². The fourth-order valence-corrected chi connectivity index (χ4v) is 11.1. The largest absolute Gasteiger partial charge is 0.0619 e. The molecule has 0 N–H and O–H groups in total. The van der Waals surface area contributed by atoms with Crippen LogP contribution in [-0.2, 0) is 10.8 Å². The predicted octanol–water partition coefficient (Wildman–Crippen LogP) is 16.4. The lowest BCUT2D eigenvalue weighted by atomic mass is 9.79. The topological polar surface area (TPSA) is 0 Å². The quantitative estimate of drug-likeness (QED) is 0.157. The van der Waals surface area contributed by atoms with Crippen LogP contribution in [0.2, 0.25) is 0 Å². The molecular weight excluding hydrogens is 721 g/mol. The van der Waals surface area contributed by atoms with Crippen LogP contribution in [0, 0.1) is 0 Å². The van der Waals surface area contributed by atoms with Crippen molar-refractivity contribution in [2.24, 2.45) is 0 Å². The molecule has 0 amide bonds. The van der Waals surface area contributed by atoms with E-state index in [1.54, 1.807) is 0 Å². The van der Waals surface area contributed by atoms with Crippen LogP contribution in [0.25, 0.3) is 99.1 Å². The van der Waals surface area contributed by atoms with E-state index in [1.807, 2.05) is 0 Å². The first-order valence-electron chi connectivity index (χ1n) is 21.3. The first-order valence-corrected chi connectivity index (χ1v) is 21.3. The first-order chi connectivity index (χ1) is 29.3. The Morgan fingerprint density at radius 3 is 1.53 bits per heavy atom. The third-order valence-electron chi connectivity index (χ3n) is 14.1. The van der Waals surface area contributed by atoms with Gasteiger partial charge in [-0.15, -0.1) is 0 Å². The third-order valence-corrected chi connectivity index (χ3v) is 14.1. The number of hydrogen-bond donors (Lipinski definition) is 0. The Kier molecular flexibility index (Phi) is 7.42. The lowest BCUT2D eigenvalue weighted by molar-refractivity contribution is 0.660. The predicted molar refractivity (Wildman–Crippen MR) is 256 cm³/mol. The molecule has 60 heavy (non-hydrogen) atoms. The first kappa shape index (κ1) is 35.0. The van der Waals surface area contributed by atoms with Gasteiger partial charge in [-0.3, -0.25) is 0 Å². The molecule has 0 heterocycles. The monoisotopic (exact) mass is 764 g/mol. The summed E-state index contributed by atoms with van der Waals surface area (Å²) in [5, 5.41) is 7.58. The summed E-state index contributed by atoms with van der Waals surface area (Å²) in [5.41, 5.74) is 20.9. The molecule has 0 aliphatic heterocycles. The molecule has 12 rings (SSSR count). The molecule has 0 bridgehead atoms. The van der Waals surface area contributed by atoms with E-state index in [0.29, 0.717) is 0 Å². The summed E-state index contributed by atoms with van der Waals surface area (Å²) in [7, 11) is 0. The summed E-state index contributed by atoms with van der Waals surface area (Å²) in [6, 6.07) is 73.2. The molecule has 0 saturated heterocycles. The van der Waals surface area contributed by atoms with E-state index in [2.05, 4.69) is 222 Å². The average Bonchev–Trinajstić information content (AvgIpc) is 3.67. The highest BCUT2D eigenvalue weighted by molar-refractivity contribution is 6.24. The van der Waals surface area contributed by atoms with Gasteiger partial charge in [0.1, 0.15) is 0 Å². The van der Waals surface area contributed by atoms with E-state index in [1.165, 1.54) is 121 Å². The maximum Gasteiger partial charge on any atom is 0.0159 e. The highest BCUT2D eigenvalue weighted by atomic mass is 14.4. The fourth-order valence-electron chi connectivity index (χ4n) is 11.1. The van der Waals surface area contributed by atoms with E-state index in [4.69, 9.17) is 0 Å². The van der Waals surface area contributed by atoms with E-state index in [0.717, 1.165) is 0 Å². The molecule has 2 aliphatic rings. The highest BCUT2D eigenvalue weighted by Gasteiger charge is 2.38. The molecule has 284 valence electrons. The van der Waals surface area contributed by atoms with Crippen molar-refractivity contribution in [3.05, 3.63) is 216 Å². The Hall–Kier alpha value is -7.02. The molecule has 0 aromatic heterocycles. The van der Waals surface area contributed by atoms with Gasteiger partial charge in [0, 0.05) is 10.8 Å². The Morgan fingerprint density at radius 2 is 0.750 bits per heavy atom. The smallest absolute Gasteiger partial charge is 0.0159 e. The summed E-state index contributed by atoms with van der Waals surface area (Å²) in [6.45, 7) is 9.52. The second-order valence-electron chi connectivity index (χ2n) is 18.0. The normalized spacial score (nSPS) is 14.3. The van der Waals surface area contributed by atoms with Crippen LogP contribution in [-0.4, -0.2) is 0 Å². The van der Waals surface area contributed by atoms with Gasteiger partial charge in [0.25, 0.3) is 0 Å². The van der Waals surface area contributed by atoms with Crippen molar-refractivity contribution in [2.75, 3.05) is 0 Å². The van der Waals surface area contributed by atoms with E-state index in [-0.39, 0.29) is 10.8 Å². The van der Waals surface area contributed by atoms with Crippen molar-refractivity contribution < 1.29 is 0 Å². The van der Waals surface area contributed by atoms with Crippen LogP contribution in [0.5, 0.6) is 0 Å². The Labute approximate surface area is 352 Å². The second-order valence-corrected chi connectivity index (χ2v) is 18.0. The number of rotatable bonds is 4. The van der Waals surface area contributed by atoms with Crippen molar-refractivity contribution in [1.82, 2.24) is 0 Å². The van der Waals surface area contributed by atoms with Gasteiger partial charge in [0.2, 0.25) is 0 Å². The van der Waals surface area contributed by atoms with Gasteiger partial charge >= 0.3 is 0 Å². The maximum absolute atomic E-state index is 2.48. The van der Waals surface area contributed by atoms with Crippen molar-refractivity contribution >= 4 is 32.3 Å². The summed E-state index contributed by atoms with van der Waals surface area (Å²) in [5.74, 6) is 0. The molecular formula is C60H44. The van der Waals surface area contributed by atoms with Gasteiger partial charge in [-0.05, 0) is 140 Å². The Morgan fingerprint density at radius 1 is 0.250 bits per heavy atom. The third kappa shape index (κ3) is 4.91. The number of benzene rings is 10. The van der Waals surface area contributed by atoms with Crippen molar-refractivity contribution in [2.45, 2.75) is 38.5 Å². The second kappa shape index (κ2) is 12.7. The minimum atomic E-state index is -0.103. The lowest BCUT2D eigenvalue weighted by Gasteiger charge is -2.24. The molecule has 0 heteroatoms. The average molecular weight is 765 g/mol. The SMILES string of the molecule is CC1(C)c2ccccc2-c2ccc(-c3ccccc3-c3c4ccccc4c(-c4cccc5c4-c4ccccc4C5(C)C)c4cc(-c5ccc6ccccc6c5)ccc34)cc21. The molecule has 0 atom stereocenters. The van der Waals surface area contributed by atoms with Gasteiger partial charge in [-0.1, -0.05) is 204 Å². The standard InChI is InChI=1S/C60H44/c1-59(2)53-26-14-12-23-49(53)58-50(24-15-27-54(58)59)57-47-22-10-9-21-46(47)56(48-33-30-40(35-51(48)57)39-29-28-37-16-5-6-17-38(37)34-39)45-20-8-7-18-42(45)41-31-32-44-43-19-11-13-25-52(43)60(3,4)55(44)36-41/h5-36H,1-4H3. The minimum absolute atomic E-state index is 0.0831. The number of fused-ring (bicyclic) bond motifs is 9. The number of hydrogen-bond acceptors (Lipinski definition) is 0. The molecule has 0 nitrogen and oxygen atoms in total. The van der Waals surface area contributed by atoms with Gasteiger partial charge in [-0.2, -0.15) is 0 Å². The van der Waals surface area contributed by atoms with Crippen LogP contribution >= 0.6 is 0 Å². The van der Waals surface area contributed by atoms with Gasteiger partial charge in [0.05, 0.1) is 0 Å². The van der Waals surface area contributed by atoms with Gasteiger partial charge in [-0.25, -0.2) is 0 Å². The van der Waals surface area contributed by atoms with E-state index < -0.39 is 0 Å². The molecule has 0 spiro atoms. The van der Waals surface area contributed by atoms with Crippen molar-refractivity contribution in [3.63, 3.8) is 0 Å². The Bertz CT molecular complexity index is 3430. The zero-order chi connectivity index (χ0) is 40.3. The molecule has 0 fully saturated rings. The molecule has 0 unspecified atom stereocenters. The molecule has 0 saturated carbocycles.